The van der Waals surface area contributed by atoms with Crippen molar-refractivity contribution >= 4 is 34.5 Å². The second kappa shape index (κ2) is 5.30. The van der Waals surface area contributed by atoms with E-state index >= 15 is 0 Å². The maximum Gasteiger partial charge on any atom is 0.278 e. The third-order valence-electron chi connectivity index (χ3n) is 2.88. The Bertz CT molecular complexity index is 827. The molecule has 5 nitrogen and oxygen atoms in total. The molecule has 0 unspecified atom stereocenters. The van der Waals surface area contributed by atoms with Gasteiger partial charge in [0.05, 0.1) is 6.33 Å². The maximum atomic E-state index is 11.7. The van der Waals surface area contributed by atoms with Crippen LogP contribution in [-0.4, -0.2) is 19.5 Å². The van der Waals surface area contributed by atoms with Gasteiger partial charge in [0.25, 0.3) is 5.56 Å². The predicted octanol–water partition coefficient (Wildman–Crippen LogP) is 2.60. The fraction of sp³-hybridized carbons (Fsp3) is 0.154. The molecular formula is C13H11ClN4OS. The molecule has 102 valence electrons. The third kappa shape index (κ3) is 2.44. The molecule has 3 aromatic rings. The summed E-state index contributed by atoms with van der Waals surface area (Å²) in [4.78, 5) is 22.7. The van der Waals surface area contributed by atoms with E-state index in [9.17, 15) is 4.79 Å². The van der Waals surface area contributed by atoms with Crippen molar-refractivity contribution in [1.82, 2.24) is 19.5 Å². The van der Waals surface area contributed by atoms with Crippen LogP contribution in [0.3, 0.4) is 0 Å². The summed E-state index contributed by atoms with van der Waals surface area (Å²) in [6, 6.07) is 7.68. The quantitative estimate of drug-likeness (QED) is 0.756. The molecule has 0 fully saturated rings. The Hall–Kier alpha value is -1.79. The van der Waals surface area contributed by atoms with E-state index in [1.165, 1.54) is 6.33 Å². The van der Waals surface area contributed by atoms with Gasteiger partial charge in [0.15, 0.2) is 16.3 Å². The molecule has 0 aliphatic rings. The SMILES string of the molecule is Cn1c(SCc2cccc(Cl)c2)nc2c(=O)[nH]cnc21. The summed E-state index contributed by atoms with van der Waals surface area (Å²) in [5, 5.41) is 1.47. The van der Waals surface area contributed by atoms with E-state index in [0.29, 0.717) is 16.2 Å². The number of hydrogen-bond donors (Lipinski definition) is 1. The number of aromatic amines is 1. The summed E-state index contributed by atoms with van der Waals surface area (Å²) in [6.45, 7) is 0. The van der Waals surface area contributed by atoms with E-state index < -0.39 is 0 Å². The van der Waals surface area contributed by atoms with Crippen LogP contribution in [0.2, 0.25) is 5.02 Å². The molecule has 0 aliphatic carbocycles. The Kier molecular flexibility index (Phi) is 3.50. The number of nitrogens with zero attached hydrogens (tertiary/aromatic N) is 3. The van der Waals surface area contributed by atoms with Gasteiger partial charge in [0.2, 0.25) is 0 Å². The van der Waals surface area contributed by atoms with E-state index in [4.69, 9.17) is 11.6 Å². The van der Waals surface area contributed by atoms with Crippen molar-refractivity contribution in [1.29, 1.82) is 0 Å². The van der Waals surface area contributed by atoms with Crippen molar-refractivity contribution in [3.8, 4) is 0 Å². The predicted molar refractivity (Wildman–Crippen MR) is 80.1 cm³/mol. The van der Waals surface area contributed by atoms with Crippen molar-refractivity contribution in [3.05, 3.63) is 51.5 Å². The number of halogens is 1. The fourth-order valence-electron chi connectivity index (χ4n) is 1.89. The first kappa shape index (κ1) is 13.2. The number of fused-ring (bicyclic) bond motifs is 1. The average Bonchev–Trinajstić information content (AvgIpc) is 2.75. The van der Waals surface area contributed by atoms with Gasteiger partial charge in [0.1, 0.15) is 0 Å². The molecule has 0 atom stereocenters. The van der Waals surface area contributed by atoms with Crippen LogP contribution in [0, 0.1) is 0 Å². The van der Waals surface area contributed by atoms with E-state index in [0.717, 1.165) is 16.5 Å². The molecule has 1 N–H and O–H groups in total. The zero-order valence-electron chi connectivity index (χ0n) is 10.6. The second-order valence-electron chi connectivity index (χ2n) is 4.28. The van der Waals surface area contributed by atoms with Crippen LogP contribution in [0.1, 0.15) is 5.56 Å². The van der Waals surface area contributed by atoms with E-state index in [1.807, 2.05) is 35.9 Å². The molecule has 0 radical (unpaired) electrons. The number of hydrogen-bond acceptors (Lipinski definition) is 4. The largest absolute Gasteiger partial charge is 0.311 e. The van der Waals surface area contributed by atoms with Gasteiger partial charge in [0, 0.05) is 17.8 Å². The van der Waals surface area contributed by atoms with Crippen LogP contribution in [0.5, 0.6) is 0 Å². The zero-order valence-corrected chi connectivity index (χ0v) is 12.2. The molecule has 3 rings (SSSR count). The van der Waals surface area contributed by atoms with Gasteiger partial charge in [-0.3, -0.25) is 4.79 Å². The van der Waals surface area contributed by atoms with Gasteiger partial charge in [-0.05, 0) is 17.7 Å². The molecule has 0 aliphatic heterocycles. The Morgan fingerprint density at radius 1 is 1.45 bits per heavy atom. The number of benzene rings is 1. The van der Waals surface area contributed by atoms with Crippen LogP contribution in [0.4, 0.5) is 0 Å². The van der Waals surface area contributed by atoms with E-state index in [2.05, 4.69) is 15.0 Å². The number of thioether (sulfide) groups is 1. The number of imidazole rings is 1. The minimum absolute atomic E-state index is 0.222. The topological polar surface area (TPSA) is 63.6 Å². The molecule has 0 bridgehead atoms. The lowest BCUT2D eigenvalue weighted by atomic mass is 10.2. The molecule has 2 aromatic heterocycles. The fourth-order valence-corrected chi connectivity index (χ4v) is 3.02. The molecular weight excluding hydrogens is 296 g/mol. The third-order valence-corrected chi connectivity index (χ3v) is 4.21. The first-order valence-electron chi connectivity index (χ1n) is 5.92. The number of aromatic nitrogens is 4. The van der Waals surface area contributed by atoms with Gasteiger partial charge < -0.3 is 9.55 Å². The van der Waals surface area contributed by atoms with Crippen LogP contribution in [-0.2, 0) is 12.8 Å². The number of nitrogens with one attached hydrogen (secondary N) is 1. The van der Waals surface area contributed by atoms with Gasteiger partial charge in [-0.15, -0.1) is 0 Å². The van der Waals surface area contributed by atoms with Crippen LogP contribution in [0.25, 0.3) is 11.2 Å². The normalized spacial score (nSPS) is 11.1. The summed E-state index contributed by atoms with van der Waals surface area (Å²) in [7, 11) is 1.85. The Morgan fingerprint density at radius 2 is 2.30 bits per heavy atom. The highest BCUT2D eigenvalue weighted by Crippen LogP contribution is 2.24. The highest BCUT2D eigenvalue weighted by atomic mass is 35.5. The molecule has 0 saturated heterocycles. The van der Waals surface area contributed by atoms with Crippen molar-refractivity contribution < 1.29 is 0 Å². The number of H-pyrrole nitrogens is 1. The number of rotatable bonds is 3. The van der Waals surface area contributed by atoms with Crippen molar-refractivity contribution in [2.24, 2.45) is 7.05 Å². The molecule has 20 heavy (non-hydrogen) atoms. The summed E-state index contributed by atoms with van der Waals surface area (Å²) >= 11 is 7.50. The van der Waals surface area contributed by atoms with Gasteiger partial charge in [-0.25, -0.2) is 9.97 Å². The van der Waals surface area contributed by atoms with Crippen LogP contribution in [0.15, 0.2) is 40.5 Å². The molecule has 0 amide bonds. The van der Waals surface area contributed by atoms with Crippen molar-refractivity contribution in [2.75, 3.05) is 0 Å². The summed E-state index contributed by atoms with van der Waals surface area (Å²) in [6.07, 6.45) is 1.39. The number of aryl methyl sites for hydroxylation is 1. The molecule has 0 saturated carbocycles. The molecule has 1 aromatic carbocycles. The van der Waals surface area contributed by atoms with E-state index in [-0.39, 0.29) is 5.56 Å². The minimum Gasteiger partial charge on any atom is -0.311 e. The van der Waals surface area contributed by atoms with Crippen molar-refractivity contribution in [2.45, 2.75) is 10.9 Å². The minimum atomic E-state index is -0.222. The van der Waals surface area contributed by atoms with Gasteiger partial charge >= 0.3 is 0 Å². The lowest BCUT2D eigenvalue weighted by Crippen LogP contribution is -2.06. The highest BCUT2D eigenvalue weighted by Gasteiger charge is 2.12. The standard InChI is InChI=1S/C13H11ClN4OS/c1-18-11-10(12(19)16-7-15-11)17-13(18)20-6-8-3-2-4-9(14)5-8/h2-5,7H,6H2,1H3,(H,15,16,19). The van der Waals surface area contributed by atoms with Gasteiger partial charge in [-0.1, -0.05) is 35.5 Å². The highest BCUT2D eigenvalue weighted by molar-refractivity contribution is 7.98. The Balaban J connectivity index is 1.90. The van der Waals surface area contributed by atoms with E-state index in [1.54, 1.807) is 11.8 Å². The van der Waals surface area contributed by atoms with Crippen LogP contribution >= 0.6 is 23.4 Å². The lowest BCUT2D eigenvalue weighted by Gasteiger charge is -2.02. The molecule has 2 heterocycles. The average molecular weight is 307 g/mol. The maximum absolute atomic E-state index is 11.7. The lowest BCUT2D eigenvalue weighted by molar-refractivity contribution is 0.805. The van der Waals surface area contributed by atoms with Gasteiger partial charge in [-0.2, -0.15) is 0 Å². The monoisotopic (exact) mass is 306 g/mol. The summed E-state index contributed by atoms with van der Waals surface area (Å²) < 4.78 is 1.82. The van der Waals surface area contributed by atoms with Crippen LogP contribution < -0.4 is 5.56 Å². The Morgan fingerprint density at radius 3 is 3.05 bits per heavy atom. The molecule has 7 heteroatoms. The zero-order chi connectivity index (χ0) is 14.1. The van der Waals surface area contributed by atoms with Crippen molar-refractivity contribution in [3.63, 3.8) is 0 Å². The first-order chi connectivity index (χ1) is 9.65. The summed E-state index contributed by atoms with van der Waals surface area (Å²) in [5.41, 5.74) is 1.84. The first-order valence-corrected chi connectivity index (χ1v) is 7.29. The summed E-state index contributed by atoms with van der Waals surface area (Å²) in [5.74, 6) is 0.732. The molecule has 0 spiro atoms. The Labute approximate surface area is 124 Å². The second-order valence-corrected chi connectivity index (χ2v) is 5.65. The smallest absolute Gasteiger partial charge is 0.278 e.